The van der Waals surface area contributed by atoms with Crippen LogP contribution in [0.1, 0.15) is 0 Å². The van der Waals surface area contributed by atoms with Gasteiger partial charge in [0.1, 0.15) is 0 Å². The first-order chi connectivity index (χ1) is 3.72. The lowest BCUT2D eigenvalue weighted by atomic mass is 10.6. The highest BCUT2D eigenvalue weighted by Crippen LogP contribution is 1.78. The zero-order chi connectivity index (χ0) is 6.57. The summed E-state index contributed by atoms with van der Waals surface area (Å²) in [5.74, 6) is 3.65. The fraction of sp³-hybridized carbons (Fsp3) is 0.667. The molecule has 48 valence electrons. The van der Waals surface area contributed by atoms with Gasteiger partial charge in [0.2, 0.25) is 6.23 Å². The van der Waals surface area contributed by atoms with Crippen molar-refractivity contribution in [2.75, 3.05) is 7.11 Å². The summed E-state index contributed by atoms with van der Waals surface area (Å²) in [6, 6.07) is 0. The van der Waals surface area contributed by atoms with E-state index in [-0.39, 0.29) is 0 Å². The van der Waals surface area contributed by atoms with E-state index in [2.05, 4.69) is 15.5 Å². The number of hydrogen-bond acceptors (Lipinski definition) is 5. The number of ether oxygens (including phenoxy) is 1. The minimum atomic E-state index is -1.07. The van der Waals surface area contributed by atoms with Crippen molar-refractivity contribution in [3.8, 4) is 0 Å². The lowest BCUT2D eigenvalue weighted by Crippen LogP contribution is -2.35. The van der Waals surface area contributed by atoms with E-state index in [0.29, 0.717) is 0 Å². The third-order valence-electron chi connectivity index (χ3n) is 0.602. The second kappa shape index (κ2) is 3.36. The van der Waals surface area contributed by atoms with Crippen molar-refractivity contribution in [3.05, 3.63) is 0 Å². The Morgan fingerprint density at radius 1 is 1.75 bits per heavy atom. The van der Waals surface area contributed by atoms with Gasteiger partial charge in [0.25, 0.3) is 0 Å². The van der Waals surface area contributed by atoms with E-state index < -0.39 is 12.2 Å². The fourth-order valence-corrected chi connectivity index (χ4v) is 0.163. The van der Waals surface area contributed by atoms with Crippen molar-refractivity contribution < 1.29 is 14.4 Å². The van der Waals surface area contributed by atoms with Crippen LogP contribution in [-0.4, -0.2) is 19.3 Å². The molecule has 0 saturated heterocycles. The average molecular weight is 120 g/mol. The van der Waals surface area contributed by atoms with Crippen molar-refractivity contribution in [3.63, 3.8) is 0 Å². The van der Waals surface area contributed by atoms with Crippen LogP contribution in [0.2, 0.25) is 0 Å². The Labute approximate surface area is 46.5 Å². The molecule has 8 heavy (non-hydrogen) atoms. The van der Waals surface area contributed by atoms with Crippen molar-refractivity contribution in [2.24, 2.45) is 11.6 Å². The minimum absolute atomic E-state index is 0.785. The van der Waals surface area contributed by atoms with Crippen molar-refractivity contribution in [1.82, 2.24) is 0 Å². The summed E-state index contributed by atoms with van der Waals surface area (Å²) >= 11 is 0. The van der Waals surface area contributed by atoms with E-state index >= 15 is 0 Å². The summed E-state index contributed by atoms with van der Waals surface area (Å²) in [6.07, 6.45) is -1.07. The number of nitrogens with two attached hydrogens (primary N) is 2. The lowest BCUT2D eigenvalue weighted by molar-refractivity contribution is -0.155. The van der Waals surface area contributed by atoms with E-state index in [1.165, 1.54) is 7.11 Å². The first-order valence-corrected chi connectivity index (χ1v) is 1.91. The summed E-state index contributed by atoms with van der Waals surface area (Å²) in [5.41, 5.74) is 4.95. The van der Waals surface area contributed by atoms with Crippen LogP contribution in [0.4, 0.5) is 0 Å². The maximum atomic E-state index is 10.1. The highest BCUT2D eigenvalue weighted by atomic mass is 16.7. The topological polar surface area (TPSA) is 87.6 Å². The molecule has 0 radical (unpaired) electrons. The number of methoxy groups -OCH3 is 1. The molecule has 0 amide bonds. The van der Waals surface area contributed by atoms with Gasteiger partial charge < -0.3 is 9.57 Å². The molecule has 5 heteroatoms. The molecular formula is C3H8N2O3. The van der Waals surface area contributed by atoms with E-state index in [1.54, 1.807) is 0 Å². The van der Waals surface area contributed by atoms with Crippen LogP contribution in [0.25, 0.3) is 0 Å². The molecule has 0 saturated carbocycles. The number of rotatable bonds is 2. The van der Waals surface area contributed by atoms with Gasteiger partial charge in [0.15, 0.2) is 0 Å². The molecule has 4 N–H and O–H groups in total. The van der Waals surface area contributed by atoms with E-state index in [9.17, 15) is 4.79 Å². The van der Waals surface area contributed by atoms with Gasteiger partial charge in [-0.1, -0.05) is 0 Å². The summed E-state index contributed by atoms with van der Waals surface area (Å²) < 4.78 is 4.33. The molecule has 0 rings (SSSR count). The molecule has 0 aliphatic rings. The van der Waals surface area contributed by atoms with Crippen LogP contribution in [0.5, 0.6) is 0 Å². The van der Waals surface area contributed by atoms with Crippen LogP contribution in [0.15, 0.2) is 0 Å². The first kappa shape index (κ1) is 7.35. The van der Waals surface area contributed by atoms with Crippen LogP contribution >= 0.6 is 0 Å². The molecule has 0 aliphatic heterocycles. The van der Waals surface area contributed by atoms with Gasteiger partial charge in [-0.3, -0.25) is 5.73 Å². The SMILES string of the molecule is COC(N)C(=O)ON. The van der Waals surface area contributed by atoms with Gasteiger partial charge in [0, 0.05) is 7.11 Å². The van der Waals surface area contributed by atoms with E-state index in [0.717, 1.165) is 0 Å². The van der Waals surface area contributed by atoms with Crippen molar-refractivity contribution >= 4 is 5.97 Å². The molecule has 0 aromatic rings. The van der Waals surface area contributed by atoms with Crippen LogP contribution in [0, 0.1) is 0 Å². The lowest BCUT2D eigenvalue weighted by Gasteiger charge is -2.03. The number of carbonyl (C=O) groups is 1. The Morgan fingerprint density at radius 2 is 2.25 bits per heavy atom. The summed E-state index contributed by atoms with van der Waals surface area (Å²) in [5, 5.41) is 0. The van der Waals surface area contributed by atoms with Gasteiger partial charge in [-0.15, -0.1) is 0 Å². The van der Waals surface area contributed by atoms with Gasteiger partial charge >= 0.3 is 5.97 Å². The highest BCUT2D eigenvalue weighted by molar-refractivity contribution is 5.73. The Bertz CT molecular complexity index is 84.6. The summed E-state index contributed by atoms with van der Waals surface area (Å²) in [4.78, 5) is 13.9. The number of carbonyl (C=O) groups excluding carboxylic acids is 1. The highest BCUT2D eigenvalue weighted by Gasteiger charge is 2.10. The van der Waals surface area contributed by atoms with Gasteiger partial charge in [-0.05, 0) is 0 Å². The molecule has 0 heterocycles. The third-order valence-corrected chi connectivity index (χ3v) is 0.602. The summed E-state index contributed by atoms with van der Waals surface area (Å²) in [7, 11) is 1.28. The first-order valence-electron chi connectivity index (χ1n) is 1.91. The number of hydrogen-bond donors (Lipinski definition) is 2. The normalized spacial score (nSPS) is 12.9. The zero-order valence-corrected chi connectivity index (χ0v) is 4.46. The molecule has 0 aromatic heterocycles. The predicted octanol–water partition coefficient (Wildman–Crippen LogP) is -1.67. The second-order valence-electron chi connectivity index (χ2n) is 1.09. The van der Waals surface area contributed by atoms with Gasteiger partial charge in [-0.2, -0.15) is 5.90 Å². The molecule has 1 unspecified atom stereocenters. The molecule has 1 atom stereocenters. The molecule has 0 aliphatic carbocycles. The molecule has 0 fully saturated rings. The van der Waals surface area contributed by atoms with Crippen LogP contribution < -0.4 is 11.6 Å². The Balaban J connectivity index is 3.46. The minimum Gasteiger partial charge on any atom is -0.370 e. The average Bonchev–Trinajstić information content (AvgIpc) is 1.84. The second-order valence-corrected chi connectivity index (χ2v) is 1.09. The van der Waals surface area contributed by atoms with Crippen LogP contribution in [-0.2, 0) is 14.4 Å². The maximum Gasteiger partial charge on any atom is 0.368 e. The standard InChI is InChI=1S/C3H8N2O3/c1-7-2(4)3(6)8-5/h2H,4-5H2,1H3. The van der Waals surface area contributed by atoms with Gasteiger partial charge in [-0.25, -0.2) is 4.79 Å². The largest absolute Gasteiger partial charge is 0.370 e. The van der Waals surface area contributed by atoms with Gasteiger partial charge in [0.05, 0.1) is 0 Å². The molecule has 0 aromatic carbocycles. The quantitative estimate of drug-likeness (QED) is 0.336. The van der Waals surface area contributed by atoms with Crippen LogP contribution in [0.3, 0.4) is 0 Å². The van der Waals surface area contributed by atoms with Crippen molar-refractivity contribution in [2.45, 2.75) is 6.23 Å². The molecular weight excluding hydrogens is 112 g/mol. The summed E-state index contributed by atoms with van der Waals surface area (Å²) in [6.45, 7) is 0. The molecule has 0 bridgehead atoms. The molecule has 5 nitrogen and oxygen atoms in total. The van der Waals surface area contributed by atoms with Crippen molar-refractivity contribution in [1.29, 1.82) is 0 Å². The third kappa shape index (κ3) is 1.87. The predicted molar refractivity (Wildman–Crippen MR) is 25.3 cm³/mol. The smallest absolute Gasteiger partial charge is 0.368 e. The Morgan fingerprint density at radius 3 is 2.38 bits per heavy atom. The van der Waals surface area contributed by atoms with E-state index in [1.807, 2.05) is 0 Å². The molecule has 0 spiro atoms. The van der Waals surface area contributed by atoms with E-state index in [4.69, 9.17) is 5.73 Å². The maximum absolute atomic E-state index is 10.1. The Hall–Kier alpha value is -0.650. The fourth-order valence-electron chi connectivity index (χ4n) is 0.163. The monoisotopic (exact) mass is 120 g/mol. The Kier molecular flexibility index (Phi) is 3.09. The zero-order valence-electron chi connectivity index (χ0n) is 4.46.